The Morgan fingerprint density at radius 2 is 1.65 bits per heavy atom. The van der Waals surface area contributed by atoms with E-state index >= 15 is 0 Å². The number of para-hydroxylation sites is 1. The first-order chi connectivity index (χ1) is 11.1. The third kappa shape index (κ3) is 6.71. The van der Waals surface area contributed by atoms with Gasteiger partial charge >= 0.3 is 5.97 Å². The van der Waals surface area contributed by atoms with Crippen LogP contribution < -0.4 is 4.74 Å². The molecule has 1 aromatic carbocycles. The Labute approximate surface area is 136 Å². The molecule has 0 atom stereocenters. The SMILES string of the molecule is CCOC(Oc1ccccc1)=C(CC(OCC)OCC)C(=O)O. The maximum absolute atomic E-state index is 11.6. The predicted molar refractivity (Wildman–Crippen MR) is 85.0 cm³/mol. The van der Waals surface area contributed by atoms with Gasteiger partial charge in [0.1, 0.15) is 11.3 Å². The first kappa shape index (κ1) is 19.0. The summed E-state index contributed by atoms with van der Waals surface area (Å²) in [5, 5.41) is 9.50. The van der Waals surface area contributed by atoms with Crippen molar-refractivity contribution in [2.45, 2.75) is 33.5 Å². The number of carboxylic acids is 1. The molecule has 0 bridgehead atoms. The second-order valence-corrected chi connectivity index (χ2v) is 4.46. The van der Waals surface area contributed by atoms with Gasteiger partial charge in [-0.15, -0.1) is 0 Å². The zero-order valence-corrected chi connectivity index (χ0v) is 13.8. The number of carbonyl (C=O) groups is 1. The molecule has 0 aliphatic carbocycles. The van der Waals surface area contributed by atoms with Crippen molar-refractivity contribution in [1.29, 1.82) is 0 Å². The maximum Gasteiger partial charge on any atom is 0.339 e. The smallest absolute Gasteiger partial charge is 0.339 e. The lowest BCUT2D eigenvalue weighted by Crippen LogP contribution is -2.22. The van der Waals surface area contributed by atoms with Crippen LogP contribution in [0.3, 0.4) is 0 Å². The van der Waals surface area contributed by atoms with Crippen molar-refractivity contribution in [2.24, 2.45) is 0 Å². The Morgan fingerprint density at radius 1 is 1.04 bits per heavy atom. The molecule has 0 heterocycles. The molecular weight excluding hydrogens is 300 g/mol. The summed E-state index contributed by atoms with van der Waals surface area (Å²) in [6.45, 7) is 6.52. The van der Waals surface area contributed by atoms with Crippen LogP contribution in [0.15, 0.2) is 41.9 Å². The molecule has 1 rings (SSSR count). The lowest BCUT2D eigenvalue weighted by Gasteiger charge is -2.19. The molecule has 0 saturated heterocycles. The molecule has 1 N–H and O–H groups in total. The van der Waals surface area contributed by atoms with E-state index in [0.717, 1.165) is 0 Å². The lowest BCUT2D eigenvalue weighted by atomic mass is 10.2. The van der Waals surface area contributed by atoms with E-state index < -0.39 is 12.3 Å². The molecule has 0 aromatic heterocycles. The summed E-state index contributed by atoms with van der Waals surface area (Å²) in [5.41, 5.74) is -0.0254. The van der Waals surface area contributed by atoms with Crippen LogP contribution in [0.4, 0.5) is 0 Å². The normalized spacial score (nSPS) is 12.0. The minimum atomic E-state index is -1.13. The molecule has 0 saturated carbocycles. The van der Waals surface area contributed by atoms with E-state index in [4.69, 9.17) is 18.9 Å². The van der Waals surface area contributed by atoms with Gasteiger partial charge in [-0.05, 0) is 32.9 Å². The topological polar surface area (TPSA) is 74.2 Å². The number of aliphatic carboxylic acids is 1. The molecule has 0 aliphatic heterocycles. The van der Waals surface area contributed by atoms with Crippen molar-refractivity contribution in [2.75, 3.05) is 19.8 Å². The van der Waals surface area contributed by atoms with Crippen LogP contribution in [0.2, 0.25) is 0 Å². The van der Waals surface area contributed by atoms with Crippen molar-refractivity contribution in [3.8, 4) is 5.75 Å². The molecule has 23 heavy (non-hydrogen) atoms. The minimum absolute atomic E-state index is 0.0254. The van der Waals surface area contributed by atoms with Crippen LogP contribution in [0.1, 0.15) is 27.2 Å². The Balaban J connectivity index is 3.04. The Morgan fingerprint density at radius 3 is 2.13 bits per heavy atom. The second kappa shape index (κ2) is 10.6. The van der Waals surface area contributed by atoms with Crippen LogP contribution in [-0.2, 0) is 19.0 Å². The number of rotatable bonds is 11. The monoisotopic (exact) mass is 324 g/mol. The average Bonchev–Trinajstić information content (AvgIpc) is 2.53. The number of ether oxygens (including phenoxy) is 4. The number of hydrogen-bond donors (Lipinski definition) is 1. The van der Waals surface area contributed by atoms with Crippen molar-refractivity contribution < 1.29 is 28.8 Å². The predicted octanol–water partition coefficient (Wildman–Crippen LogP) is 3.19. The van der Waals surface area contributed by atoms with Gasteiger partial charge in [-0.25, -0.2) is 4.79 Å². The Bertz CT molecular complexity index is 491. The van der Waals surface area contributed by atoms with Gasteiger partial charge in [-0.1, -0.05) is 18.2 Å². The fourth-order valence-corrected chi connectivity index (χ4v) is 1.87. The Hall–Kier alpha value is -2.05. The third-order valence-corrected chi connectivity index (χ3v) is 2.81. The van der Waals surface area contributed by atoms with Gasteiger partial charge in [0.15, 0.2) is 6.29 Å². The van der Waals surface area contributed by atoms with Gasteiger partial charge in [-0.2, -0.15) is 0 Å². The van der Waals surface area contributed by atoms with Gasteiger partial charge in [0.05, 0.1) is 6.61 Å². The quantitative estimate of drug-likeness (QED) is 0.383. The van der Waals surface area contributed by atoms with Crippen LogP contribution in [-0.4, -0.2) is 37.2 Å². The van der Waals surface area contributed by atoms with Crippen molar-refractivity contribution in [1.82, 2.24) is 0 Å². The molecule has 1 aromatic rings. The molecule has 0 aliphatic rings. The molecular formula is C17H24O6. The summed E-state index contributed by atoms with van der Waals surface area (Å²) in [6, 6.07) is 8.88. The molecule has 0 fully saturated rings. The first-order valence-electron chi connectivity index (χ1n) is 7.67. The number of hydrogen-bond acceptors (Lipinski definition) is 5. The van der Waals surface area contributed by atoms with E-state index in [1.807, 2.05) is 19.9 Å². The highest BCUT2D eigenvalue weighted by molar-refractivity contribution is 5.87. The van der Waals surface area contributed by atoms with E-state index in [9.17, 15) is 9.90 Å². The lowest BCUT2D eigenvalue weighted by molar-refractivity contribution is -0.145. The first-order valence-corrected chi connectivity index (χ1v) is 7.67. The maximum atomic E-state index is 11.6. The summed E-state index contributed by atoms with van der Waals surface area (Å²) in [5.74, 6) is -0.677. The van der Waals surface area contributed by atoms with Crippen molar-refractivity contribution in [3.05, 3.63) is 41.9 Å². The van der Waals surface area contributed by atoms with Crippen LogP contribution in [0.25, 0.3) is 0 Å². The van der Waals surface area contributed by atoms with Gasteiger partial charge in [-0.3, -0.25) is 0 Å². The largest absolute Gasteiger partial charge is 0.478 e. The van der Waals surface area contributed by atoms with Crippen LogP contribution in [0, 0.1) is 0 Å². The van der Waals surface area contributed by atoms with Gasteiger partial charge in [0.2, 0.25) is 0 Å². The summed E-state index contributed by atoms with van der Waals surface area (Å²) in [6.07, 6.45) is -0.634. The zero-order chi connectivity index (χ0) is 17.1. The van der Waals surface area contributed by atoms with Gasteiger partial charge in [0.25, 0.3) is 5.95 Å². The minimum Gasteiger partial charge on any atom is -0.478 e. The van der Waals surface area contributed by atoms with Crippen molar-refractivity contribution in [3.63, 3.8) is 0 Å². The van der Waals surface area contributed by atoms with Gasteiger partial charge in [0, 0.05) is 19.6 Å². The molecule has 0 amide bonds. The van der Waals surface area contributed by atoms with E-state index in [-0.39, 0.29) is 24.5 Å². The molecule has 0 unspecified atom stereocenters. The summed E-state index contributed by atoms with van der Waals surface area (Å²) >= 11 is 0. The summed E-state index contributed by atoms with van der Waals surface area (Å²) in [4.78, 5) is 11.6. The van der Waals surface area contributed by atoms with E-state index in [2.05, 4.69) is 0 Å². The highest BCUT2D eigenvalue weighted by atomic mass is 16.7. The summed E-state index contributed by atoms with van der Waals surface area (Å²) < 4.78 is 21.8. The Kier molecular flexibility index (Phi) is 8.79. The highest BCUT2D eigenvalue weighted by Crippen LogP contribution is 2.21. The number of benzene rings is 1. The standard InChI is InChI=1S/C17H24O6/c1-4-20-15(21-5-2)12-14(16(18)19)17(22-6-3)23-13-10-8-7-9-11-13/h7-11,15H,4-6,12H2,1-3H3,(H,18,19). The zero-order valence-electron chi connectivity index (χ0n) is 13.8. The highest BCUT2D eigenvalue weighted by Gasteiger charge is 2.23. The molecule has 128 valence electrons. The molecule has 0 radical (unpaired) electrons. The second-order valence-electron chi connectivity index (χ2n) is 4.46. The average molecular weight is 324 g/mol. The fourth-order valence-electron chi connectivity index (χ4n) is 1.87. The van der Waals surface area contributed by atoms with Crippen LogP contribution >= 0.6 is 0 Å². The van der Waals surface area contributed by atoms with Crippen molar-refractivity contribution >= 4 is 5.97 Å². The van der Waals surface area contributed by atoms with E-state index in [0.29, 0.717) is 19.0 Å². The molecule has 0 spiro atoms. The summed E-state index contributed by atoms with van der Waals surface area (Å²) in [7, 11) is 0. The fraction of sp³-hybridized carbons (Fsp3) is 0.471. The number of carboxylic acid groups (broad SMARTS) is 1. The third-order valence-electron chi connectivity index (χ3n) is 2.81. The molecule has 6 heteroatoms. The van der Waals surface area contributed by atoms with E-state index in [1.54, 1.807) is 31.2 Å². The van der Waals surface area contributed by atoms with Gasteiger partial charge < -0.3 is 24.1 Å². The van der Waals surface area contributed by atoms with Crippen LogP contribution in [0.5, 0.6) is 5.75 Å². The van der Waals surface area contributed by atoms with E-state index in [1.165, 1.54) is 0 Å². The molecule has 6 nitrogen and oxygen atoms in total.